The van der Waals surface area contributed by atoms with E-state index in [0.717, 1.165) is 5.69 Å². The lowest BCUT2D eigenvalue weighted by Crippen LogP contribution is -2.25. The van der Waals surface area contributed by atoms with Gasteiger partial charge < -0.3 is 15.3 Å². The van der Waals surface area contributed by atoms with Gasteiger partial charge in [0.2, 0.25) is 0 Å². The van der Waals surface area contributed by atoms with Crippen LogP contribution in [-0.4, -0.2) is 18.5 Å². The molecule has 8 nitrogen and oxygen atoms in total. The van der Waals surface area contributed by atoms with Crippen molar-refractivity contribution in [2.45, 2.75) is 0 Å². The van der Waals surface area contributed by atoms with E-state index in [2.05, 4.69) is 15.5 Å². The van der Waals surface area contributed by atoms with Gasteiger partial charge in [-0.25, -0.2) is 4.79 Å². The SMILES string of the molecule is O=C(COC(=O)c1cc[n+]([O-])cc1)Nc1ccc(N=Nc2ccccc2)cc1. The molecule has 0 radical (unpaired) electrons. The Kier molecular flexibility index (Phi) is 6.04. The van der Waals surface area contributed by atoms with Crippen LogP contribution in [0.4, 0.5) is 17.1 Å². The minimum atomic E-state index is -0.688. The number of carbonyl (C=O) groups is 2. The Morgan fingerprint density at radius 3 is 2.14 bits per heavy atom. The van der Waals surface area contributed by atoms with Crippen LogP contribution in [0.25, 0.3) is 0 Å². The van der Waals surface area contributed by atoms with E-state index in [0.29, 0.717) is 16.1 Å². The molecule has 1 amide bonds. The number of nitrogens with zero attached hydrogens (tertiary/aromatic N) is 3. The number of nitrogens with one attached hydrogen (secondary N) is 1. The fraction of sp³-hybridized carbons (Fsp3) is 0.0500. The Bertz CT molecular complexity index is 971. The Balaban J connectivity index is 1.49. The maximum atomic E-state index is 11.9. The number of anilines is 1. The summed E-state index contributed by atoms with van der Waals surface area (Å²) < 4.78 is 5.47. The summed E-state index contributed by atoms with van der Waals surface area (Å²) in [5.74, 6) is -1.17. The first-order valence-electron chi connectivity index (χ1n) is 8.33. The van der Waals surface area contributed by atoms with Gasteiger partial charge in [0.05, 0.1) is 16.9 Å². The molecule has 1 heterocycles. The monoisotopic (exact) mass is 376 g/mol. The number of pyridine rings is 1. The fourth-order valence-electron chi connectivity index (χ4n) is 2.18. The number of hydrogen-bond acceptors (Lipinski definition) is 6. The van der Waals surface area contributed by atoms with Crippen molar-refractivity contribution < 1.29 is 19.1 Å². The van der Waals surface area contributed by atoms with Crippen LogP contribution < -0.4 is 10.0 Å². The average molecular weight is 376 g/mol. The van der Waals surface area contributed by atoms with Gasteiger partial charge in [-0.15, -0.1) is 0 Å². The first-order valence-corrected chi connectivity index (χ1v) is 8.33. The summed E-state index contributed by atoms with van der Waals surface area (Å²) in [6.07, 6.45) is 2.35. The number of aromatic nitrogens is 1. The van der Waals surface area contributed by atoms with Crippen LogP contribution in [0.3, 0.4) is 0 Å². The van der Waals surface area contributed by atoms with Crippen LogP contribution in [0.15, 0.2) is 89.4 Å². The highest BCUT2D eigenvalue weighted by Crippen LogP contribution is 2.20. The van der Waals surface area contributed by atoms with Crippen molar-refractivity contribution in [2.24, 2.45) is 10.2 Å². The van der Waals surface area contributed by atoms with E-state index in [1.165, 1.54) is 24.5 Å². The second-order valence-corrected chi connectivity index (χ2v) is 5.65. The zero-order chi connectivity index (χ0) is 19.8. The van der Waals surface area contributed by atoms with Gasteiger partial charge in [0.1, 0.15) is 0 Å². The number of ether oxygens (including phenoxy) is 1. The van der Waals surface area contributed by atoms with Crippen molar-refractivity contribution in [3.63, 3.8) is 0 Å². The predicted molar refractivity (Wildman–Crippen MR) is 101 cm³/mol. The fourth-order valence-corrected chi connectivity index (χ4v) is 2.18. The van der Waals surface area contributed by atoms with E-state index in [1.54, 1.807) is 24.3 Å². The molecule has 0 aliphatic rings. The van der Waals surface area contributed by atoms with Crippen molar-refractivity contribution in [3.8, 4) is 0 Å². The number of rotatable bonds is 6. The average Bonchev–Trinajstić information content (AvgIpc) is 2.73. The highest BCUT2D eigenvalue weighted by molar-refractivity contribution is 5.95. The minimum absolute atomic E-state index is 0.188. The first-order chi connectivity index (χ1) is 13.6. The highest BCUT2D eigenvalue weighted by Gasteiger charge is 2.11. The summed E-state index contributed by atoms with van der Waals surface area (Å²) >= 11 is 0. The van der Waals surface area contributed by atoms with E-state index in [1.807, 2.05) is 30.3 Å². The molecule has 1 N–H and O–H groups in total. The van der Waals surface area contributed by atoms with E-state index in [4.69, 9.17) is 4.74 Å². The van der Waals surface area contributed by atoms with Gasteiger partial charge in [-0.05, 0) is 36.4 Å². The molecular weight excluding hydrogens is 360 g/mol. The van der Waals surface area contributed by atoms with E-state index >= 15 is 0 Å². The van der Waals surface area contributed by atoms with Crippen molar-refractivity contribution >= 4 is 28.9 Å². The summed E-state index contributed by atoms with van der Waals surface area (Å²) in [5.41, 5.74) is 2.10. The molecule has 0 aliphatic carbocycles. The molecule has 0 spiro atoms. The summed E-state index contributed by atoms with van der Waals surface area (Å²) in [6, 6.07) is 18.7. The topological polar surface area (TPSA) is 107 Å². The summed E-state index contributed by atoms with van der Waals surface area (Å²) in [6.45, 7) is -0.444. The molecule has 0 saturated heterocycles. The quantitative estimate of drug-likeness (QED) is 0.307. The van der Waals surface area contributed by atoms with E-state index in [-0.39, 0.29) is 5.56 Å². The maximum absolute atomic E-state index is 11.9. The van der Waals surface area contributed by atoms with Gasteiger partial charge in [-0.1, -0.05) is 18.2 Å². The van der Waals surface area contributed by atoms with Crippen LogP contribution in [0.5, 0.6) is 0 Å². The van der Waals surface area contributed by atoms with Crippen molar-refractivity contribution in [1.82, 2.24) is 0 Å². The zero-order valence-corrected chi connectivity index (χ0v) is 14.7. The first kappa shape index (κ1) is 18.7. The molecule has 28 heavy (non-hydrogen) atoms. The smallest absolute Gasteiger partial charge is 0.339 e. The van der Waals surface area contributed by atoms with Crippen LogP contribution in [0.2, 0.25) is 0 Å². The van der Waals surface area contributed by atoms with Gasteiger partial charge in [-0.2, -0.15) is 15.0 Å². The summed E-state index contributed by atoms with van der Waals surface area (Å²) in [7, 11) is 0. The van der Waals surface area contributed by atoms with Crippen LogP contribution in [0, 0.1) is 5.21 Å². The van der Waals surface area contributed by atoms with Gasteiger partial charge in [-0.3, -0.25) is 4.79 Å². The van der Waals surface area contributed by atoms with Crippen molar-refractivity contribution in [3.05, 3.63) is 89.9 Å². The Morgan fingerprint density at radius 1 is 0.893 bits per heavy atom. The van der Waals surface area contributed by atoms with E-state index < -0.39 is 18.5 Å². The molecular formula is C20H16N4O4. The Labute approximate surface area is 160 Å². The molecule has 0 fully saturated rings. The summed E-state index contributed by atoms with van der Waals surface area (Å²) in [5, 5.41) is 21.8. The number of carbonyl (C=O) groups excluding carboxylic acids is 2. The number of benzene rings is 2. The molecule has 3 rings (SSSR count). The summed E-state index contributed by atoms with van der Waals surface area (Å²) in [4.78, 5) is 23.7. The lowest BCUT2D eigenvalue weighted by Gasteiger charge is -2.06. The zero-order valence-electron chi connectivity index (χ0n) is 14.7. The second kappa shape index (κ2) is 9.04. The minimum Gasteiger partial charge on any atom is -0.619 e. The van der Waals surface area contributed by atoms with Crippen molar-refractivity contribution in [1.29, 1.82) is 0 Å². The third-order valence-corrected chi connectivity index (χ3v) is 3.56. The predicted octanol–water partition coefficient (Wildman–Crippen LogP) is 3.53. The second-order valence-electron chi connectivity index (χ2n) is 5.65. The Morgan fingerprint density at radius 2 is 1.50 bits per heavy atom. The third-order valence-electron chi connectivity index (χ3n) is 3.56. The maximum Gasteiger partial charge on any atom is 0.339 e. The highest BCUT2D eigenvalue weighted by atomic mass is 16.5. The molecule has 0 unspecified atom stereocenters. The molecule has 0 aliphatic heterocycles. The third kappa shape index (κ3) is 5.46. The number of esters is 1. The van der Waals surface area contributed by atoms with Crippen LogP contribution in [-0.2, 0) is 9.53 Å². The van der Waals surface area contributed by atoms with Gasteiger partial charge >= 0.3 is 5.97 Å². The number of azo groups is 1. The van der Waals surface area contributed by atoms with Crippen molar-refractivity contribution in [2.75, 3.05) is 11.9 Å². The van der Waals surface area contributed by atoms with Gasteiger partial charge in [0, 0.05) is 17.8 Å². The molecule has 0 saturated carbocycles. The molecule has 1 aromatic heterocycles. The van der Waals surface area contributed by atoms with E-state index in [9.17, 15) is 14.8 Å². The largest absolute Gasteiger partial charge is 0.619 e. The molecule has 140 valence electrons. The molecule has 8 heteroatoms. The lowest BCUT2D eigenvalue weighted by atomic mass is 10.3. The van der Waals surface area contributed by atoms with Gasteiger partial charge in [0.15, 0.2) is 19.0 Å². The Hall–Kier alpha value is -4.07. The number of amides is 1. The molecule has 0 bridgehead atoms. The lowest BCUT2D eigenvalue weighted by molar-refractivity contribution is -0.605. The molecule has 3 aromatic rings. The van der Waals surface area contributed by atoms with Crippen LogP contribution in [0.1, 0.15) is 10.4 Å². The van der Waals surface area contributed by atoms with Gasteiger partial charge in [0.25, 0.3) is 5.91 Å². The molecule has 2 aromatic carbocycles. The van der Waals surface area contributed by atoms with Crippen LogP contribution >= 0.6 is 0 Å². The standard InChI is InChI=1S/C20H16N4O4/c25-19(14-28-20(26)15-10-12-24(27)13-11-15)21-16-6-8-18(9-7-16)23-22-17-4-2-1-3-5-17/h1-13H,14H2,(H,21,25). The molecule has 0 atom stereocenters. The number of hydrogen-bond donors (Lipinski definition) is 1. The normalized spacial score (nSPS) is 10.6.